The van der Waals surface area contributed by atoms with Crippen LogP contribution in [0.3, 0.4) is 0 Å². The minimum Gasteiger partial charge on any atom is -0.236 e. The summed E-state index contributed by atoms with van der Waals surface area (Å²) in [5, 5.41) is 0. The van der Waals surface area contributed by atoms with Gasteiger partial charge in [-0.25, -0.2) is 9.97 Å². The molecular formula is C30H48N2. The van der Waals surface area contributed by atoms with Crippen molar-refractivity contribution in [1.82, 2.24) is 9.97 Å². The fraction of sp³-hybridized carbons (Fsp3) is 0.667. The lowest BCUT2D eigenvalue weighted by molar-refractivity contribution is 0.515. The van der Waals surface area contributed by atoms with Gasteiger partial charge < -0.3 is 0 Å². The van der Waals surface area contributed by atoms with Crippen LogP contribution < -0.4 is 0 Å². The standard InChI is InChI=1S/C30H48N2/c1-4-5-6-7-8-9-12-15-18-27-20-22-29(23-21-27)30-31-24-28(25-32-30)19-16-13-10-11-14-17-26(2)3/h20-26H,4-19H2,1-3H3. The van der Waals surface area contributed by atoms with E-state index in [1.165, 1.54) is 107 Å². The van der Waals surface area contributed by atoms with Crippen LogP contribution in [-0.4, -0.2) is 9.97 Å². The zero-order valence-electron chi connectivity index (χ0n) is 21.2. The van der Waals surface area contributed by atoms with Gasteiger partial charge in [0, 0.05) is 18.0 Å². The number of rotatable bonds is 18. The zero-order valence-corrected chi connectivity index (χ0v) is 21.2. The molecular weight excluding hydrogens is 388 g/mol. The highest BCUT2D eigenvalue weighted by Crippen LogP contribution is 2.18. The molecule has 0 saturated carbocycles. The molecule has 2 rings (SSSR count). The summed E-state index contributed by atoms with van der Waals surface area (Å²) in [6.45, 7) is 6.91. The third-order valence-electron chi connectivity index (χ3n) is 6.48. The number of benzene rings is 1. The third-order valence-corrected chi connectivity index (χ3v) is 6.48. The fourth-order valence-electron chi connectivity index (χ4n) is 4.33. The molecule has 0 aliphatic carbocycles. The van der Waals surface area contributed by atoms with E-state index >= 15 is 0 Å². The Labute approximate surface area is 198 Å². The van der Waals surface area contributed by atoms with E-state index < -0.39 is 0 Å². The first-order valence-electron chi connectivity index (χ1n) is 13.6. The van der Waals surface area contributed by atoms with Crippen LogP contribution in [0.25, 0.3) is 11.4 Å². The molecule has 2 aromatic rings. The lowest BCUT2D eigenvalue weighted by atomic mass is 10.0. The monoisotopic (exact) mass is 436 g/mol. The molecule has 0 spiro atoms. The number of nitrogens with zero attached hydrogens (tertiary/aromatic N) is 2. The van der Waals surface area contributed by atoms with Crippen LogP contribution in [0.5, 0.6) is 0 Å². The molecule has 2 nitrogen and oxygen atoms in total. The summed E-state index contributed by atoms with van der Waals surface area (Å²) in [5.41, 5.74) is 3.83. The minimum atomic E-state index is 0.844. The number of unbranched alkanes of at least 4 members (excludes halogenated alkanes) is 11. The molecule has 178 valence electrons. The highest BCUT2D eigenvalue weighted by Gasteiger charge is 2.03. The maximum atomic E-state index is 4.63. The minimum absolute atomic E-state index is 0.844. The van der Waals surface area contributed by atoms with Crippen molar-refractivity contribution >= 4 is 0 Å². The molecule has 1 aromatic heterocycles. The van der Waals surface area contributed by atoms with Gasteiger partial charge in [-0.15, -0.1) is 0 Å². The van der Waals surface area contributed by atoms with Gasteiger partial charge in [0.25, 0.3) is 0 Å². The van der Waals surface area contributed by atoms with Crippen molar-refractivity contribution in [3.05, 3.63) is 47.8 Å². The molecule has 0 aliphatic heterocycles. The van der Waals surface area contributed by atoms with Crippen molar-refractivity contribution in [3.8, 4) is 11.4 Å². The van der Waals surface area contributed by atoms with E-state index in [0.29, 0.717) is 0 Å². The van der Waals surface area contributed by atoms with Crippen LogP contribution in [0.15, 0.2) is 36.7 Å². The summed E-state index contributed by atoms with van der Waals surface area (Å²) in [6, 6.07) is 8.89. The van der Waals surface area contributed by atoms with E-state index in [1.807, 2.05) is 12.4 Å². The highest BCUT2D eigenvalue weighted by molar-refractivity contribution is 5.55. The van der Waals surface area contributed by atoms with Gasteiger partial charge in [0.05, 0.1) is 0 Å². The molecule has 0 saturated heterocycles. The van der Waals surface area contributed by atoms with Crippen LogP contribution in [0, 0.1) is 5.92 Å². The first kappa shape index (κ1) is 26.6. The predicted octanol–water partition coefficient (Wildman–Crippen LogP) is 9.37. The van der Waals surface area contributed by atoms with E-state index in [4.69, 9.17) is 0 Å². The van der Waals surface area contributed by atoms with Crippen molar-refractivity contribution in [1.29, 1.82) is 0 Å². The summed E-state index contributed by atoms with van der Waals surface area (Å²) < 4.78 is 0. The van der Waals surface area contributed by atoms with E-state index in [9.17, 15) is 0 Å². The van der Waals surface area contributed by atoms with Gasteiger partial charge in [-0.2, -0.15) is 0 Å². The van der Waals surface area contributed by atoms with Crippen molar-refractivity contribution in [2.75, 3.05) is 0 Å². The summed E-state index contributed by atoms with van der Waals surface area (Å²) in [5.74, 6) is 1.69. The van der Waals surface area contributed by atoms with E-state index in [0.717, 1.165) is 23.7 Å². The molecule has 0 aliphatic rings. The van der Waals surface area contributed by atoms with Gasteiger partial charge in [0.2, 0.25) is 0 Å². The Kier molecular flexibility index (Phi) is 14.0. The van der Waals surface area contributed by atoms with E-state index in [1.54, 1.807) is 0 Å². The summed E-state index contributed by atoms with van der Waals surface area (Å²) in [7, 11) is 0. The lowest BCUT2D eigenvalue weighted by Gasteiger charge is -2.06. The quantitative estimate of drug-likeness (QED) is 0.217. The van der Waals surface area contributed by atoms with Crippen LogP contribution in [0.4, 0.5) is 0 Å². The Morgan fingerprint density at radius 3 is 1.66 bits per heavy atom. The fourth-order valence-corrected chi connectivity index (χ4v) is 4.33. The largest absolute Gasteiger partial charge is 0.236 e. The summed E-state index contributed by atoms with van der Waals surface area (Å²) in [6.07, 6.45) is 25.4. The van der Waals surface area contributed by atoms with Gasteiger partial charge >= 0.3 is 0 Å². The lowest BCUT2D eigenvalue weighted by Crippen LogP contribution is -1.94. The molecule has 0 radical (unpaired) electrons. The molecule has 32 heavy (non-hydrogen) atoms. The van der Waals surface area contributed by atoms with Crippen molar-refractivity contribution in [2.45, 2.75) is 124 Å². The Bertz CT molecular complexity index is 688. The van der Waals surface area contributed by atoms with Crippen LogP contribution >= 0.6 is 0 Å². The van der Waals surface area contributed by atoms with Gasteiger partial charge in [-0.3, -0.25) is 0 Å². The Hall–Kier alpha value is -1.70. The third kappa shape index (κ3) is 11.8. The van der Waals surface area contributed by atoms with Gasteiger partial charge in [-0.1, -0.05) is 122 Å². The second kappa shape index (κ2) is 16.9. The second-order valence-corrected chi connectivity index (χ2v) is 10.0. The van der Waals surface area contributed by atoms with Crippen LogP contribution in [0.2, 0.25) is 0 Å². The number of aromatic nitrogens is 2. The molecule has 0 amide bonds. The average Bonchev–Trinajstić information content (AvgIpc) is 2.81. The number of hydrogen-bond acceptors (Lipinski definition) is 2. The summed E-state index contributed by atoms with van der Waals surface area (Å²) >= 11 is 0. The molecule has 1 heterocycles. The maximum Gasteiger partial charge on any atom is 0.159 e. The molecule has 0 fully saturated rings. The first-order chi connectivity index (χ1) is 15.7. The van der Waals surface area contributed by atoms with Crippen molar-refractivity contribution in [2.24, 2.45) is 5.92 Å². The Balaban J connectivity index is 1.62. The molecule has 0 bridgehead atoms. The maximum absolute atomic E-state index is 4.63. The molecule has 1 aromatic carbocycles. The van der Waals surface area contributed by atoms with Crippen molar-refractivity contribution < 1.29 is 0 Å². The van der Waals surface area contributed by atoms with Gasteiger partial charge in [0.1, 0.15) is 0 Å². The Morgan fingerprint density at radius 1 is 0.594 bits per heavy atom. The predicted molar refractivity (Wildman–Crippen MR) is 140 cm³/mol. The van der Waals surface area contributed by atoms with Gasteiger partial charge in [0.15, 0.2) is 5.82 Å². The average molecular weight is 437 g/mol. The van der Waals surface area contributed by atoms with Crippen molar-refractivity contribution in [3.63, 3.8) is 0 Å². The molecule has 0 unspecified atom stereocenters. The number of hydrogen-bond donors (Lipinski definition) is 0. The SMILES string of the molecule is CCCCCCCCCCc1ccc(-c2ncc(CCCCCCCC(C)C)cn2)cc1. The second-order valence-electron chi connectivity index (χ2n) is 10.0. The molecule has 0 N–H and O–H groups in total. The van der Waals surface area contributed by atoms with E-state index in [-0.39, 0.29) is 0 Å². The zero-order chi connectivity index (χ0) is 22.9. The Morgan fingerprint density at radius 2 is 1.09 bits per heavy atom. The van der Waals surface area contributed by atoms with Gasteiger partial charge in [-0.05, 0) is 42.7 Å². The molecule has 0 atom stereocenters. The smallest absolute Gasteiger partial charge is 0.159 e. The first-order valence-corrected chi connectivity index (χ1v) is 13.6. The normalized spacial score (nSPS) is 11.4. The number of aryl methyl sites for hydroxylation is 2. The van der Waals surface area contributed by atoms with Crippen LogP contribution in [0.1, 0.15) is 122 Å². The summed E-state index contributed by atoms with van der Waals surface area (Å²) in [4.78, 5) is 9.26. The van der Waals surface area contributed by atoms with E-state index in [2.05, 4.69) is 55.0 Å². The topological polar surface area (TPSA) is 25.8 Å². The van der Waals surface area contributed by atoms with Crippen LogP contribution in [-0.2, 0) is 12.8 Å². The highest BCUT2D eigenvalue weighted by atomic mass is 14.9. The molecule has 2 heteroatoms.